The fourth-order valence-electron chi connectivity index (χ4n) is 1.40. The summed E-state index contributed by atoms with van der Waals surface area (Å²) < 4.78 is 32.9. The van der Waals surface area contributed by atoms with Crippen LogP contribution in [0.25, 0.3) is 0 Å². The third-order valence-corrected chi connectivity index (χ3v) is 3.58. The summed E-state index contributed by atoms with van der Waals surface area (Å²) in [6.07, 6.45) is 6.36. The van der Waals surface area contributed by atoms with Crippen molar-refractivity contribution in [2.24, 2.45) is 0 Å². The number of hydrogen-bond donors (Lipinski definition) is 1. The lowest BCUT2D eigenvalue weighted by Gasteiger charge is -2.20. The second kappa shape index (κ2) is 9.10. The molecule has 0 atom stereocenters. The largest absolute Gasteiger partial charge is 0.501 e. The molecule has 0 saturated heterocycles. The van der Waals surface area contributed by atoms with E-state index in [-0.39, 0.29) is 11.4 Å². The number of nitrogens with one attached hydrogen (secondary N) is 1. The van der Waals surface area contributed by atoms with E-state index in [9.17, 15) is 8.42 Å². The van der Waals surface area contributed by atoms with E-state index in [1.54, 1.807) is 7.11 Å². The van der Waals surface area contributed by atoms with Gasteiger partial charge in [-0.2, -0.15) is 0 Å². The first-order valence-electron chi connectivity index (χ1n) is 7.01. The van der Waals surface area contributed by atoms with Crippen molar-refractivity contribution in [1.82, 2.24) is 5.32 Å². The van der Waals surface area contributed by atoms with Gasteiger partial charge in [0.05, 0.1) is 24.2 Å². The lowest BCUT2D eigenvalue weighted by Crippen LogP contribution is -2.27. The number of unbranched alkanes of at least 4 members (excludes halogenated alkanes) is 1. The highest BCUT2D eigenvalue weighted by atomic mass is 32.2. The van der Waals surface area contributed by atoms with Crippen molar-refractivity contribution in [3.05, 3.63) is 23.6 Å². The van der Waals surface area contributed by atoms with Gasteiger partial charge in [0.1, 0.15) is 16.6 Å². The monoisotopic (exact) mass is 319 g/mol. The third kappa shape index (κ3) is 13.7. The van der Waals surface area contributed by atoms with Crippen LogP contribution < -0.4 is 5.32 Å². The average molecular weight is 319 g/mol. The highest BCUT2D eigenvalue weighted by Gasteiger charge is 2.09. The molecule has 0 aromatic heterocycles. The Balaban J connectivity index is 4.52. The van der Waals surface area contributed by atoms with Crippen molar-refractivity contribution in [1.29, 1.82) is 0 Å². The van der Waals surface area contributed by atoms with Crippen LogP contribution in [0.1, 0.15) is 40.5 Å². The molecule has 0 rings (SSSR count). The van der Waals surface area contributed by atoms with Crippen LogP contribution in [0.3, 0.4) is 0 Å². The standard InChI is InChI=1S/C15H29NO4S/c1-13(19-5)11-14(16-12-20-15(2,3)4)9-7-8-10-21(6,17)18/h9,11,16H,7-8,10,12H2,1-6H3/b13-11+,14-9-. The van der Waals surface area contributed by atoms with Crippen LogP contribution in [0, 0.1) is 0 Å². The molecule has 6 heteroatoms. The topological polar surface area (TPSA) is 64.6 Å². The van der Waals surface area contributed by atoms with Crippen LogP contribution in [0.5, 0.6) is 0 Å². The molecule has 0 aliphatic heterocycles. The van der Waals surface area contributed by atoms with Gasteiger partial charge in [0, 0.05) is 12.0 Å². The third-order valence-electron chi connectivity index (χ3n) is 2.55. The number of rotatable bonds is 9. The quantitative estimate of drug-likeness (QED) is 0.306. The molecule has 0 spiro atoms. The summed E-state index contributed by atoms with van der Waals surface area (Å²) in [5, 5.41) is 3.17. The predicted octanol–water partition coefficient (Wildman–Crippen LogP) is 2.61. The molecule has 124 valence electrons. The van der Waals surface area contributed by atoms with Crippen LogP contribution in [0.4, 0.5) is 0 Å². The van der Waals surface area contributed by atoms with Crippen LogP contribution in [0.15, 0.2) is 23.6 Å². The van der Waals surface area contributed by atoms with Crippen LogP contribution in [0.2, 0.25) is 0 Å². The summed E-state index contributed by atoms with van der Waals surface area (Å²) in [6, 6.07) is 0. The van der Waals surface area contributed by atoms with Gasteiger partial charge in [-0.25, -0.2) is 8.42 Å². The Bertz CT molecular complexity index is 459. The first-order valence-corrected chi connectivity index (χ1v) is 9.07. The summed E-state index contributed by atoms with van der Waals surface area (Å²) in [5.41, 5.74) is 0.654. The number of methoxy groups -OCH3 is 1. The van der Waals surface area contributed by atoms with E-state index in [0.717, 1.165) is 11.5 Å². The molecule has 21 heavy (non-hydrogen) atoms. The lowest BCUT2D eigenvalue weighted by molar-refractivity contribution is -0.00928. The highest BCUT2D eigenvalue weighted by molar-refractivity contribution is 7.90. The van der Waals surface area contributed by atoms with E-state index in [0.29, 0.717) is 19.6 Å². The van der Waals surface area contributed by atoms with Crippen LogP contribution in [-0.2, 0) is 19.3 Å². The maximum atomic E-state index is 11.1. The molecule has 0 heterocycles. The Morgan fingerprint density at radius 2 is 1.90 bits per heavy atom. The molecule has 0 unspecified atom stereocenters. The molecule has 0 aliphatic rings. The minimum atomic E-state index is -2.90. The predicted molar refractivity (Wildman–Crippen MR) is 86.6 cm³/mol. The van der Waals surface area contributed by atoms with E-state index in [2.05, 4.69) is 5.32 Å². The van der Waals surface area contributed by atoms with Gasteiger partial charge in [-0.1, -0.05) is 6.08 Å². The summed E-state index contributed by atoms with van der Waals surface area (Å²) in [7, 11) is -1.29. The van der Waals surface area contributed by atoms with Crippen molar-refractivity contribution in [3.63, 3.8) is 0 Å². The van der Waals surface area contributed by atoms with Crippen LogP contribution >= 0.6 is 0 Å². The van der Waals surface area contributed by atoms with Gasteiger partial charge in [0.25, 0.3) is 0 Å². The molecule has 0 saturated carbocycles. The van der Waals surface area contributed by atoms with Crippen molar-refractivity contribution < 1.29 is 17.9 Å². The fraction of sp³-hybridized carbons (Fsp3) is 0.733. The zero-order valence-corrected chi connectivity index (χ0v) is 14.8. The molecule has 0 amide bonds. The summed E-state index contributed by atoms with van der Waals surface area (Å²) in [5.74, 6) is 0.968. The smallest absolute Gasteiger partial charge is 0.147 e. The second-order valence-electron chi connectivity index (χ2n) is 5.97. The second-order valence-corrected chi connectivity index (χ2v) is 8.23. The Hall–Kier alpha value is -1.01. The van der Waals surface area contributed by atoms with Crippen molar-refractivity contribution in [3.8, 4) is 0 Å². The summed E-state index contributed by atoms with van der Waals surface area (Å²) >= 11 is 0. The molecule has 0 radical (unpaired) electrons. The Morgan fingerprint density at radius 1 is 1.29 bits per heavy atom. The Morgan fingerprint density at radius 3 is 2.38 bits per heavy atom. The molecule has 0 fully saturated rings. The van der Waals surface area contributed by atoms with Gasteiger partial charge in [-0.05, 0) is 46.6 Å². The van der Waals surface area contributed by atoms with Gasteiger partial charge in [-0.15, -0.1) is 0 Å². The van der Waals surface area contributed by atoms with Crippen molar-refractivity contribution >= 4 is 9.84 Å². The van der Waals surface area contributed by atoms with Gasteiger partial charge in [-0.3, -0.25) is 0 Å². The van der Waals surface area contributed by atoms with Crippen molar-refractivity contribution in [2.45, 2.75) is 46.1 Å². The van der Waals surface area contributed by atoms with E-state index < -0.39 is 9.84 Å². The molecule has 1 N–H and O–H groups in total. The zero-order valence-electron chi connectivity index (χ0n) is 14.0. The summed E-state index contributed by atoms with van der Waals surface area (Å²) in [6.45, 7) is 8.20. The van der Waals surface area contributed by atoms with E-state index >= 15 is 0 Å². The first kappa shape index (κ1) is 20.0. The number of hydrogen-bond acceptors (Lipinski definition) is 5. The van der Waals surface area contributed by atoms with Gasteiger partial charge >= 0.3 is 0 Å². The average Bonchev–Trinajstić information content (AvgIpc) is 2.31. The van der Waals surface area contributed by atoms with E-state index in [1.165, 1.54) is 6.26 Å². The fourth-order valence-corrected chi connectivity index (χ4v) is 2.09. The molecule has 0 bridgehead atoms. The molecule has 0 aliphatic carbocycles. The van der Waals surface area contributed by atoms with Gasteiger partial charge < -0.3 is 14.8 Å². The molecule has 0 aromatic rings. The first-order chi connectivity index (χ1) is 9.53. The number of allylic oxidation sites excluding steroid dienone is 3. The zero-order chi connectivity index (χ0) is 16.5. The van der Waals surface area contributed by atoms with E-state index in [1.807, 2.05) is 39.8 Å². The highest BCUT2D eigenvalue weighted by Crippen LogP contribution is 2.08. The minimum Gasteiger partial charge on any atom is -0.501 e. The SMILES string of the molecule is CO/C(C)=C/C(=C/CCCS(C)(=O)=O)NCOC(C)(C)C. The molecule has 5 nitrogen and oxygen atoms in total. The molecular weight excluding hydrogens is 290 g/mol. The number of sulfone groups is 1. The lowest BCUT2D eigenvalue weighted by atomic mass is 10.2. The van der Waals surface area contributed by atoms with Gasteiger partial charge in [0.2, 0.25) is 0 Å². The van der Waals surface area contributed by atoms with Crippen LogP contribution in [-0.4, -0.2) is 39.9 Å². The minimum absolute atomic E-state index is 0.197. The maximum absolute atomic E-state index is 11.1. The molecular formula is C15H29NO4S. The maximum Gasteiger partial charge on any atom is 0.147 e. The number of ether oxygens (including phenoxy) is 2. The van der Waals surface area contributed by atoms with Crippen molar-refractivity contribution in [2.75, 3.05) is 25.8 Å². The normalized spacial score (nSPS) is 14.2. The van der Waals surface area contributed by atoms with Gasteiger partial charge in [0.15, 0.2) is 0 Å². The van der Waals surface area contributed by atoms with E-state index in [4.69, 9.17) is 9.47 Å². The summed E-state index contributed by atoms with van der Waals surface area (Å²) in [4.78, 5) is 0. The Labute approximate surface area is 129 Å². The molecule has 0 aromatic carbocycles. The Kier molecular flexibility index (Phi) is 8.66.